The van der Waals surface area contributed by atoms with Crippen LogP contribution in [0.2, 0.25) is 5.02 Å². The van der Waals surface area contributed by atoms with Gasteiger partial charge in [0.25, 0.3) is 5.91 Å². The number of alkyl halides is 3. The van der Waals surface area contributed by atoms with Crippen LogP contribution in [0.4, 0.5) is 18.0 Å². The first kappa shape index (κ1) is 26.2. The summed E-state index contributed by atoms with van der Waals surface area (Å²) >= 11 is 5.80. The van der Waals surface area contributed by atoms with Crippen molar-refractivity contribution in [2.75, 3.05) is 0 Å². The van der Waals surface area contributed by atoms with E-state index < -0.39 is 45.6 Å². The van der Waals surface area contributed by atoms with E-state index in [1.807, 2.05) is 0 Å². The number of nitrogens with one attached hydrogen (secondary N) is 1. The number of hydrogen-bond donors (Lipinski definition) is 1. The van der Waals surface area contributed by atoms with Crippen molar-refractivity contribution < 1.29 is 37.2 Å². The number of urea groups is 1. The third-order valence-electron chi connectivity index (χ3n) is 7.37. The zero-order valence-corrected chi connectivity index (χ0v) is 20.9. The molecular formula is C24H27ClF3N3O5. The van der Waals surface area contributed by atoms with Gasteiger partial charge in [0.2, 0.25) is 5.91 Å². The molecule has 12 heteroatoms. The molecule has 1 aromatic rings. The second kappa shape index (κ2) is 8.93. The number of nitrogens with zero attached hydrogens (tertiary/aromatic N) is 2. The number of halogens is 4. The van der Waals surface area contributed by atoms with Crippen LogP contribution in [0.15, 0.2) is 12.1 Å². The maximum Gasteiger partial charge on any atom is 0.417 e. The highest BCUT2D eigenvalue weighted by Crippen LogP contribution is 2.46. The predicted octanol–water partition coefficient (Wildman–Crippen LogP) is 4.58. The summed E-state index contributed by atoms with van der Waals surface area (Å²) in [6, 6.07) is 1.33. The summed E-state index contributed by atoms with van der Waals surface area (Å²) in [5.41, 5.74) is -2.34. The van der Waals surface area contributed by atoms with Gasteiger partial charge in [-0.1, -0.05) is 23.6 Å². The Balaban J connectivity index is 1.45. The summed E-state index contributed by atoms with van der Waals surface area (Å²) < 4.78 is 39.6. The Bertz CT molecular complexity index is 1130. The van der Waals surface area contributed by atoms with Crippen molar-refractivity contribution in [2.45, 2.75) is 77.7 Å². The van der Waals surface area contributed by atoms with Crippen molar-refractivity contribution in [3.05, 3.63) is 33.8 Å². The Labute approximate surface area is 211 Å². The van der Waals surface area contributed by atoms with Crippen LogP contribution in [0.25, 0.3) is 0 Å². The molecule has 2 aliphatic heterocycles. The molecule has 1 aromatic carbocycles. The fraction of sp³-hybridized carbons (Fsp3) is 0.583. The van der Waals surface area contributed by atoms with Crippen molar-refractivity contribution >= 4 is 35.4 Å². The standard InChI is InChI=1S/C24H27ClF3N3O5/c1-4-22(2,3)20(34)36-31-19(33)23(15-5-6-15,29-21(31)35)8-7-18(32)30-11-13-9-16(24(26,27)28)17(25)10-14(13)12-30/h9-10,15H,4-8,11-12H2,1-3H3,(H,29,35). The lowest BCUT2D eigenvalue weighted by molar-refractivity contribution is -0.192. The molecule has 1 atom stereocenters. The van der Waals surface area contributed by atoms with Gasteiger partial charge in [-0.05, 0) is 68.7 Å². The second-order valence-electron chi connectivity index (χ2n) is 10.2. The molecule has 8 nitrogen and oxygen atoms in total. The van der Waals surface area contributed by atoms with Crippen LogP contribution >= 0.6 is 11.6 Å². The van der Waals surface area contributed by atoms with Crippen molar-refractivity contribution in [3.8, 4) is 0 Å². The lowest BCUT2D eigenvalue weighted by Gasteiger charge is -2.27. The fourth-order valence-corrected chi connectivity index (χ4v) is 4.80. The van der Waals surface area contributed by atoms with Gasteiger partial charge in [0.1, 0.15) is 5.54 Å². The van der Waals surface area contributed by atoms with Crippen molar-refractivity contribution in [2.24, 2.45) is 11.3 Å². The first-order valence-electron chi connectivity index (χ1n) is 11.7. The van der Waals surface area contributed by atoms with Gasteiger partial charge in [-0.2, -0.15) is 13.2 Å². The smallest absolute Gasteiger partial charge is 0.334 e. The monoisotopic (exact) mass is 529 g/mol. The van der Waals surface area contributed by atoms with Gasteiger partial charge in [-0.3, -0.25) is 9.59 Å². The van der Waals surface area contributed by atoms with Crippen LogP contribution in [-0.2, 0) is 38.5 Å². The van der Waals surface area contributed by atoms with E-state index in [-0.39, 0.29) is 37.8 Å². The molecule has 0 radical (unpaired) electrons. The van der Waals surface area contributed by atoms with Gasteiger partial charge in [-0.15, -0.1) is 0 Å². The number of imide groups is 1. The molecule has 4 amide bonds. The minimum Gasteiger partial charge on any atom is -0.334 e. The molecule has 2 heterocycles. The SMILES string of the molecule is CCC(C)(C)C(=O)ON1C(=O)NC(CCC(=O)N2Cc3cc(Cl)c(C(F)(F)F)cc3C2)(C2CC2)C1=O. The molecule has 4 rings (SSSR count). The third-order valence-corrected chi connectivity index (χ3v) is 7.68. The van der Waals surface area contributed by atoms with E-state index in [1.54, 1.807) is 20.8 Å². The molecule has 2 fully saturated rings. The number of rotatable bonds is 7. The second-order valence-corrected chi connectivity index (χ2v) is 10.6. The Morgan fingerprint density at radius 2 is 1.78 bits per heavy atom. The van der Waals surface area contributed by atoms with E-state index in [2.05, 4.69) is 5.32 Å². The Morgan fingerprint density at radius 3 is 2.33 bits per heavy atom. The number of benzene rings is 1. The zero-order valence-electron chi connectivity index (χ0n) is 20.1. The zero-order chi connectivity index (χ0) is 26.6. The van der Waals surface area contributed by atoms with Crippen molar-refractivity contribution in [3.63, 3.8) is 0 Å². The molecule has 1 saturated heterocycles. The molecule has 1 saturated carbocycles. The average molecular weight is 530 g/mol. The van der Waals surface area contributed by atoms with Crippen LogP contribution in [-0.4, -0.2) is 39.3 Å². The Hall–Kier alpha value is -2.82. The lowest BCUT2D eigenvalue weighted by atomic mass is 9.87. The summed E-state index contributed by atoms with van der Waals surface area (Å²) in [7, 11) is 0. The number of amides is 4. The van der Waals surface area contributed by atoms with Crippen LogP contribution < -0.4 is 5.32 Å². The normalized spacial score (nSPS) is 22.1. The molecule has 0 aromatic heterocycles. The quantitative estimate of drug-likeness (QED) is 0.522. The summed E-state index contributed by atoms with van der Waals surface area (Å²) in [4.78, 5) is 57.9. The molecule has 196 valence electrons. The van der Waals surface area contributed by atoms with Crippen LogP contribution in [0, 0.1) is 11.3 Å². The molecule has 0 spiro atoms. The van der Waals surface area contributed by atoms with Gasteiger partial charge >= 0.3 is 18.2 Å². The first-order valence-corrected chi connectivity index (χ1v) is 12.1. The van der Waals surface area contributed by atoms with E-state index in [0.29, 0.717) is 35.5 Å². The third kappa shape index (κ3) is 4.65. The summed E-state index contributed by atoms with van der Waals surface area (Å²) in [6.45, 7) is 5.14. The lowest BCUT2D eigenvalue weighted by Crippen LogP contribution is -2.50. The highest BCUT2D eigenvalue weighted by molar-refractivity contribution is 6.31. The van der Waals surface area contributed by atoms with Crippen LogP contribution in [0.3, 0.4) is 0 Å². The van der Waals surface area contributed by atoms with E-state index in [1.165, 1.54) is 11.0 Å². The number of fused-ring (bicyclic) bond motifs is 1. The fourth-order valence-electron chi connectivity index (χ4n) is 4.51. The van der Waals surface area contributed by atoms with E-state index in [4.69, 9.17) is 16.4 Å². The number of hydroxylamine groups is 2. The van der Waals surface area contributed by atoms with Gasteiger partial charge in [-0.25, -0.2) is 9.59 Å². The first-order chi connectivity index (χ1) is 16.7. The van der Waals surface area contributed by atoms with Gasteiger partial charge in [0.15, 0.2) is 0 Å². The predicted molar refractivity (Wildman–Crippen MR) is 121 cm³/mol. The summed E-state index contributed by atoms with van der Waals surface area (Å²) in [6.07, 6.45) is -2.99. The summed E-state index contributed by atoms with van der Waals surface area (Å²) in [5.74, 6) is -2.01. The highest BCUT2D eigenvalue weighted by Gasteiger charge is 2.61. The summed E-state index contributed by atoms with van der Waals surface area (Å²) in [5, 5.41) is 2.67. The minimum atomic E-state index is -4.61. The van der Waals surface area contributed by atoms with Gasteiger partial charge < -0.3 is 15.1 Å². The minimum absolute atomic E-state index is 0.0129. The average Bonchev–Trinajstić information content (AvgIpc) is 3.52. The molecule has 1 N–H and O–H groups in total. The largest absolute Gasteiger partial charge is 0.417 e. The molecule has 36 heavy (non-hydrogen) atoms. The van der Waals surface area contributed by atoms with Gasteiger partial charge in [0, 0.05) is 19.5 Å². The van der Waals surface area contributed by atoms with Crippen molar-refractivity contribution in [1.82, 2.24) is 15.3 Å². The van der Waals surface area contributed by atoms with E-state index in [9.17, 15) is 32.3 Å². The topological polar surface area (TPSA) is 96.0 Å². The van der Waals surface area contributed by atoms with Crippen LogP contribution in [0.1, 0.15) is 69.6 Å². The molecular weight excluding hydrogens is 503 g/mol. The van der Waals surface area contributed by atoms with E-state index >= 15 is 0 Å². The number of hydrogen-bond acceptors (Lipinski definition) is 5. The highest BCUT2D eigenvalue weighted by atomic mass is 35.5. The number of carbonyl (C=O) groups excluding carboxylic acids is 4. The van der Waals surface area contributed by atoms with E-state index in [0.717, 1.165) is 6.07 Å². The Kier molecular flexibility index (Phi) is 6.51. The van der Waals surface area contributed by atoms with Crippen LogP contribution in [0.5, 0.6) is 0 Å². The molecule has 3 aliphatic rings. The maximum absolute atomic E-state index is 13.3. The van der Waals surface area contributed by atoms with Gasteiger partial charge in [0.05, 0.1) is 16.0 Å². The number of carbonyl (C=O) groups is 4. The molecule has 1 aliphatic carbocycles. The molecule has 1 unspecified atom stereocenters. The Morgan fingerprint density at radius 1 is 1.17 bits per heavy atom. The molecule has 0 bridgehead atoms. The maximum atomic E-state index is 13.3. The van der Waals surface area contributed by atoms with Crippen molar-refractivity contribution in [1.29, 1.82) is 0 Å².